The van der Waals surface area contributed by atoms with E-state index in [0.717, 1.165) is 56.0 Å². The Morgan fingerprint density at radius 3 is 2.08 bits per heavy atom. The quantitative estimate of drug-likeness (QED) is 0.280. The predicted octanol–water partition coefficient (Wildman–Crippen LogP) is 8.51. The van der Waals surface area contributed by atoms with Gasteiger partial charge in [-0.25, -0.2) is 4.98 Å². The zero-order valence-corrected chi connectivity index (χ0v) is 19.6. The average Bonchev–Trinajstić information content (AvgIpc) is 3.56. The van der Waals surface area contributed by atoms with Crippen molar-refractivity contribution in [3.63, 3.8) is 0 Å². The van der Waals surface area contributed by atoms with Crippen LogP contribution in [0.2, 0.25) is 0 Å². The Balaban J connectivity index is 1.43. The molecule has 2 aromatic heterocycles. The molecule has 0 radical (unpaired) electrons. The molecule has 0 aliphatic heterocycles. The molecule has 3 heteroatoms. The van der Waals surface area contributed by atoms with Crippen molar-refractivity contribution in [2.24, 2.45) is 0 Å². The molecule has 0 atom stereocenters. The number of H-pyrrole nitrogens is 1. The van der Waals surface area contributed by atoms with E-state index in [1.165, 1.54) is 5.39 Å². The van der Waals surface area contributed by atoms with E-state index in [0.29, 0.717) is 0 Å². The summed E-state index contributed by atoms with van der Waals surface area (Å²) in [5.41, 5.74) is 9.97. The predicted molar refractivity (Wildman–Crippen MR) is 149 cm³/mol. The monoisotopic (exact) mass is 461 g/mol. The highest BCUT2D eigenvalue weighted by Gasteiger charge is 2.17. The van der Waals surface area contributed by atoms with Gasteiger partial charge in [0.1, 0.15) is 5.82 Å². The molecule has 7 aromatic rings. The molecule has 5 aromatic carbocycles. The summed E-state index contributed by atoms with van der Waals surface area (Å²) in [4.78, 5) is 8.79. The highest BCUT2D eigenvalue weighted by atomic mass is 15.1. The molecular formula is C33H23N3. The van der Waals surface area contributed by atoms with E-state index in [4.69, 9.17) is 4.98 Å². The van der Waals surface area contributed by atoms with Crippen LogP contribution in [0.4, 0.5) is 0 Å². The van der Waals surface area contributed by atoms with E-state index in [-0.39, 0.29) is 0 Å². The van der Waals surface area contributed by atoms with Crippen LogP contribution in [0.15, 0.2) is 133 Å². The third-order valence-corrected chi connectivity index (χ3v) is 6.75. The molecule has 2 heterocycles. The zero-order valence-electron chi connectivity index (χ0n) is 19.6. The second-order valence-corrected chi connectivity index (χ2v) is 9.00. The summed E-state index contributed by atoms with van der Waals surface area (Å²) in [5.74, 6) is 0.941. The van der Waals surface area contributed by atoms with E-state index in [1.807, 2.05) is 12.1 Å². The number of benzene rings is 5. The lowest BCUT2D eigenvalue weighted by molar-refractivity contribution is 1.10. The molecule has 36 heavy (non-hydrogen) atoms. The molecule has 0 fully saturated rings. The third kappa shape index (κ3) is 3.41. The van der Waals surface area contributed by atoms with Crippen molar-refractivity contribution in [2.75, 3.05) is 0 Å². The van der Waals surface area contributed by atoms with E-state index < -0.39 is 0 Å². The number of imidazole rings is 1. The summed E-state index contributed by atoms with van der Waals surface area (Å²) >= 11 is 0. The normalized spacial score (nSPS) is 11.3. The number of rotatable bonds is 4. The molecule has 0 bridgehead atoms. The van der Waals surface area contributed by atoms with Crippen molar-refractivity contribution in [1.82, 2.24) is 14.5 Å². The molecule has 0 saturated heterocycles. The Morgan fingerprint density at radius 2 is 1.25 bits per heavy atom. The van der Waals surface area contributed by atoms with Gasteiger partial charge in [0.05, 0.1) is 11.0 Å². The smallest absolute Gasteiger partial charge is 0.145 e. The van der Waals surface area contributed by atoms with Crippen molar-refractivity contribution in [3.8, 4) is 39.5 Å². The van der Waals surface area contributed by atoms with Crippen molar-refractivity contribution < 1.29 is 0 Å². The number of para-hydroxylation sites is 3. The van der Waals surface area contributed by atoms with E-state index in [9.17, 15) is 0 Å². The lowest BCUT2D eigenvalue weighted by atomic mass is 10.0. The number of aromatic nitrogens is 3. The van der Waals surface area contributed by atoms with Gasteiger partial charge in [0, 0.05) is 33.4 Å². The summed E-state index contributed by atoms with van der Waals surface area (Å²) in [6.07, 6.45) is 0. The van der Waals surface area contributed by atoms with Crippen LogP contribution in [0.5, 0.6) is 0 Å². The zero-order chi connectivity index (χ0) is 23.9. The van der Waals surface area contributed by atoms with Gasteiger partial charge < -0.3 is 4.98 Å². The third-order valence-electron chi connectivity index (χ3n) is 6.75. The van der Waals surface area contributed by atoms with Gasteiger partial charge in [0.15, 0.2) is 0 Å². The Labute approximate surface area is 209 Å². The van der Waals surface area contributed by atoms with Crippen LogP contribution in [0.25, 0.3) is 61.4 Å². The van der Waals surface area contributed by atoms with Gasteiger partial charge in [-0.2, -0.15) is 0 Å². The van der Waals surface area contributed by atoms with Gasteiger partial charge in [-0.1, -0.05) is 97.1 Å². The first-order valence-electron chi connectivity index (χ1n) is 12.2. The summed E-state index contributed by atoms with van der Waals surface area (Å²) in [6, 6.07) is 46.7. The highest BCUT2D eigenvalue weighted by Crippen LogP contribution is 2.36. The van der Waals surface area contributed by atoms with Crippen LogP contribution in [0.1, 0.15) is 0 Å². The Bertz CT molecular complexity index is 1790. The summed E-state index contributed by atoms with van der Waals surface area (Å²) < 4.78 is 2.26. The number of nitrogens with zero attached hydrogens (tertiary/aromatic N) is 2. The molecule has 3 nitrogen and oxygen atoms in total. The minimum Gasteiger partial charge on any atom is -0.355 e. The molecule has 0 aliphatic rings. The van der Waals surface area contributed by atoms with Crippen molar-refractivity contribution in [2.45, 2.75) is 0 Å². The van der Waals surface area contributed by atoms with E-state index in [2.05, 4.69) is 131 Å². The van der Waals surface area contributed by atoms with Crippen LogP contribution in [0, 0.1) is 0 Å². The molecule has 0 unspecified atom stereocenters. The maximum absolute atomic E-state index is 5.23. The SMILES string of the molecule is c1ccc(-c2nc3c(-c4cccc(-c5cc6ccccc6[nH]5)c4)cccc3n2-c2ccccc2)cc1. The first kappa shape index (κ1) is 20.5. The molecule has 0 spiro atoms. The topological polar surface area (TPSA) is 33.6 Å². The lowest BCUT2D eigenvalue weighted by Crippen LogP contribution is -1.97. The van der Waals surface area contributed by atoms with Gasteiger partial charge >= 0.3 is 0 Å². The second kappa shape index (κ2) is 8.40. The molecule has 7 rings (SSSR count). The fourth-order valence-corrected chi connectivity index (χ4v) is 5.03. The van der Waals surface area contributed by atoms with Gasteiger partial charge in [0.25, 0.3) is 0 Å². The van der Waals surface area contributed by atoms with E-state index in [1.54, 1.807) is 0 Å². The van der Waals surface area contributed by atoms with Crippen molar-refractivity contribution >= 4 is 21.9 Å². The van der Waals surface area contributed by atoms with Crippen LogP contribution in [0.3, 0.4) is 0 Å². The fraction of sp³-hybridized carbons (Fsp3) is 0. The minimum absolute atomic E-state index is 0.941. The summed E-state index contributed by atoms with van der Waals surface area (Å²) in [7, 11) is 0. The Kier molecular flexibility index (Phi) is 4.78. The van der Waals surface area contributed by atoms with Crippen LogP contribution in [-0.2, 0) is 0 Å². The molecule has 0 aliphatic carbocycles. The largest absolute Gasteiger partial charge is 0.355 e. The van der Waals surface area contributed by atoms with Crippen LogP contribution in [-0.4, -0.2) is 14.5 Å². The summed E-state index contributed by atoms with van der Waals surface area (Å²) in [6.45, 7) is 0. The first-order valence-corrected chi connectivity index (χ1v) is 12.2. The number of nitrogens with one attached hydrogen (secondary N) is 1. The molecule has 1 N–H and O–H groups in total. The number of hydrogen-bond acceptors (Lipinski definition) is 1. The van der Waals surface area contributed by atoms with Gasteiger partial charge in [-0.05, 0) is 47.5 Å². The summed E-state index contributed by atoms with van der Waals surface area (Å²) in [5, 5.41) is 1.22. The second-order valence-electron chi connectivity index (χ2n) is 9.00. The van der Waals surface area contributed by atoms with Crippen LogP contribution >= 0.6 is 0 Å². The maximum Gasteiger partial charge on any atom is 0.145 e. The molecular weight excluding hydrogens is 438 g/mol. The van der Waals surface area contributed by atoms with Crippen LogP contribution < -0.4 is 0 Å². The molecule has 0 amide bonds. The number of hydrogen-bond donors (Lipinski definition) is 1. The minimum atomic E-state index is 0.941. The Morgan fingerprint density at radius 1 is 0.556 bits per heavy atom. The van der Waals surface area contributed by atoms with E-state index >= 15 is 0 Å². The number of aromatic amines is 1. The average molecular weight is 462 g/mol. The van der Waals surface area contributed by atoms with Gasteiger partial charge in [0.2, 0.25) is 0 Å². The Hall–Kier alpha value is -4.89. The van der Waals surface area contributed by atoms with Crippen molar-refractivity contribution in [3.05, 3.63) is 133 Å². The van der Waals surface area contributed by atoms with Gasteiger partial charge in [-0.15, -0.1) is 0 Å². The fourth-order valence-electron chi connectivity index (χ4n) is 5.03. The highest BCUT2D eigenvalue weighted by molar-refractivity contribution is 5.96. The number of fused-ring (bicyclic) bond motifs is 2. The molecule has 170 valence electrons. The maximum atomic E-state index is 5.23. The lowest BCUT2D eigenvalue weighted by Gasteiger charge is -2.10. The van der Waals surface area contributed by atoms with Gasteiger partial charge in [-0.3, -0.25) is 4.57 Å². The standard InChI is InChI=1S/C33H23N3/c1-3-11-23(12-4-1)33-35-32-28(18-10-20-31(32)36(33)27-16-5-2-6-17-27)24-14-9-15-25(21-24)30-22-26-13-7-8-19-29(26)34-30/h1-22,34H. The molecule has 0 saturated carbocycles. The first-order chi connectivity index (χ1) is 17.8. The van der Waals surface area contributed by atoms with Crippen molar-refractivity contribution in [1.29, 1.82) is 0 Å².